The molecule has 30 heavy (non-hydrogen) atoms. The minimum atomic E-state index is -1.44. The average Bonchev–Trinajstić information content (AvgIpc) is 3.20. The summed E-state index contributed by atoms with van der Waals surface area (Å²) in [6.07, 6.45) is 3.81. The topological polar surface area (TPSA) is 71.5 Å². The number of nitrogens with zero attached hydrogens (tertiary/aromatic N) is 2. The molecule has 6 unspecified atom stereocenters. The SMILES string of the molecule is COc1ccc2c(c1)C13CCN4CC5=CCOC6(O)CC(=O)N2C1C6C5CC43OC. The summed E-state index contributed by atoms with van der Waals surface area (Å²) < 4.78 is 18.1. The molecule has 1 amide bonds. The van der Waals surface area contributed by atoms with E-state index in [4.69, 9.17) is 14.2 Å². The van der Waals surface area contributed by atoms with Gasteiger partial charge in [-0.25, -0.2) is 0 Å². The number of amides is 1. The second-order valence-corrected chi connectivity index (χ2v) is 9.67. The van der Waals surface area contributed by atoms with Gasteiger partial charge >= 0.3 is 0 Å². The molecule has 1 spiro atoms. The van der Waals surface area contributed by atoms with Crippen molar-refractivity contribution < 1.29 is 24.1 Å². The zero-order chi connectivity index (χ0) is 20.5. The zero-order valence-corrected chi connectivity index (χ0v) is 17.3. The summed E-state index contributed by atoms with van der Waals surface area (Å²) in [5.74, 6) is -0.769. The van der Waals surface area contributed by atoms with Crippen molar-refractivity contribution in [1.82, 2.24) is 4.90 Å². The van der Waals surface area contributed by atoms with E-state index in [0.29, 0.717) is 6.61 Å². The van der Waals surface area contributed by atoms with Crippen molar-refractivity contribution in [2.24, 2.45) is 11.8 Å². The highest BCUT2D eigenvalue weighted by molar-refractivity contribution is 5.99. The van der Waals surface area contributed by atoms with Gasteiger partial charge in [-0.05, 0) is 42.5 Å². The number of hydrogen-bond acceptors (Lipinski definition) is 6. The van der Waals surface area contributed by atoms with Gasteiger partial charge in [0.2, 0.25) is 5.91 Å². The van der Waals surface area contributed by atoms with E-state index < -0.39 is 16.9 Å². The van der Waals surface area contributed by atoms with Crippen LogP contribution in [-0.4, -0.2) is 67.4 Å². The minimum absolute atomic E-state index is 0.00294. The summed E-state index contributed by atoms with van der Waals surface area (Å²) in [6, 6.07) is 5.83. The maximum atomic E-state index is 13.5. The Bertz CT molecular complexity index is 1020. The lowest BCUT2D eigenvalue weighted by molar-refractivity contribution is -0.284. The lowest BCUT2D eigenvalue weighted by Gasteiger charge is -2.64. The average molecular weight is 410 g/mol. The van der Waals surface area contributed by atoms with Crippen LogP contribution in [0.25, 0.3) is 0 Å². The first-order valence-electron chi connectivity index (χ1n) is 10.9. The Morgan fingerprint density at radius 2 is 2.17 bits per heavy atom. The molecule has 0 radical (unpaired) electrons. The van der Waals surface area contributed by atoms with Gasteiger partial charge in [0.25, 0.3) is 0 Å². The molecule has 7 rings (SSSR count). The van der Waals surface area contributed by atoms with Crippen molar-refractivity contribution in [1.29, 1.82) is 0 Å². The number of fused-ring (bicyclic) bond motifs is 2. The highest BCUT2D eigenvalue weighted by Gasteiger charge is 2.79. The molecular formula is C23H26N2O5. The fourth-order valence-corrected chi connectivity index (χ4v) is 8.08. The Kier molecular flexibility index (Phi) is 3.11. The van der Waals surface area contributed by atoms with E-state index in [1.165, 1.54) is 5.57 Å². The van der Waals surface area contributed by atoms with Crippen LogP contribution in [0.4, 0.5) is 5.69 Å². The summed E-state index contributed by atoms with van der Waals surface area (Å²) in [5.41, 5.74) is 2.45. The molecule has 4 fully saturated rings. The highest BCUT2D eigenvalue weighted by atomic mass is 16.6. The number of aliphatic hydroxyl groups is 1. The third-order valence-electron chi connectivity index (χ3n) is 9.04. The largest absolute Gasteiger partial charge is 0.497 e. The monoisotopic (exact) mass is 410 g/mol. The Morgan fingerprint density at radius 3 is 2.97 bits per heavy atom. The first-order chi connectivity index (χ1) is 14.5. The molecule has 1 saturated carbocycles. The Hall–Kier alpha value is -1.93. The Balaban J connectivity index is 1.58. The predicted octanol–water partition coefficient (Wildman–Crippen LogP) is 1.40. The van der Waals surface area contributed by atoms with Gasteiger partial charge in [0.15, 0.2) is 5.79 Å². The summed E-state index contributed by atoms with van der Waals surface area (Å²) >= 11 is 0. The smallest absolute Gasteiger partial charge is 0.232 e. The van der Waals surface area contributed by atoms with Crippen LogP contribution in [0, 0.1) is 11.8 Å². The fourth-order valence-electron chi connectivity index (χ4n) is 8.08. The molecule has 5 aliphatic heterocycles. The van der Waals surface area contributed by atoms with Gasteiger partial charge in [0.05, 0.1) is 31.6 Å². The van der Waals surface area contributed by atoms with E-state index in [2.05, 4.69) is 17.0 Å². The van der Waals surface area contributed by atoms with Crippen molar-refractivity contribution in [2.45, 2.75) is 42.2 Å². The number of carbonyl (C=O) groups is 1. The summed E-state index contributed by atoms with van der Waals surface area (Å²) in [6.45, 7) is 2.08. The Labute approximate surface area is 175 Å². The van der Waals surface area contributed by atoms with Crippen molar-refractivity contribution in [3.05, 3.63) is 35.4 Å². The molecule has 158 valence electrons. The molecule has 6 aliphatic rings. The molecule has 5 heterocycles. The lowest BCUT2D eigenvalue weighted by atomic mass is 9.51. The van der Waals surface area contributed by atoms with Crippen LogP contribution in [0.1, 0.15) is 24.8 Å². The van der Waals surface area contributed by atoms with Gasteiger partial charge in [-0.2, -0.15) is 0 Å². The van der Waals surface area contributed by atoms with Gasteiger partial charge in [0, 0.05) is 31.8 Å². The first kappa shape index (κ1) is 17.7. The van der Waals surface area contributed by atoms with Gasteiger partial charge in [-0.15, -0.1) is 0 Å². The maximum absolute atomic E-state index is 13.5. The van der Waals surface area contributed by atoms with Crippen molar-refractivity contribution in [2.75, 3.05) is 38.8 Å². The van der Waals surface area contributed by atoms with Crippen molar-refractivity contribution in [3.63, 3.8) is 0 Å². The van der Waals surface area contributed by atoms with Crippen LogP contribution < -0.4 is 9.64 Å². The number of methoxy groups -OCH3 is 2. The molecule has 7 nitrogen and oxygen atoms in total. The van der Waals surface area contributed by atoms with Gasteiger partial charge in [0.1, 0.15) is 11.5 Å². The molecular weight excluding hydrogens is 384 g/mol. The van der Waals surface area contributed by atoms with E-state index in [1.807, 2.05) is 24.1 Å². The molecule has 1 aliphatic carbocycles. The van der Waals surface area contributed by atoms with E-state index in [9.17, 15) is 9.90 Å². The molecule has 2 bridgehead atoms. The van der Waals surface area contributed by atoms with Crippen molar-refractivity contribution in [3.8, 4) is 5.75 Å². The normalized spacial score (nSPS) is 45.2. The second kappa shape index (κ2) is 5.27. The number of piperidine rings is 2. The number of anilines is 1. The summed E-state index contributed by atoms with van der Waals surface area (Å²) in [7, 11) is 3.48. The quantitative estimate of drug-likeness (QED) is 0.744. The molecule has 0 aromatic heterocycles. The lowest BCUT2D eigenvalue weighted by Crippen LogP contribution is -2.77. The van der Waals surface area contributed by atoms with E-state index in [-0.39, 0.29) is 30.2 Å². The fraction of sp³-hybridized carbons (Fsp3) is 0.609. The molecule has 1 aromatic carbocycles. The van der Waals surface area contributed by atoms with Gasteiger partial charge in [-0.1, -0.05) is 11.6 Å². The zero-order valence-electron chi connectivity index (χ0n) is 17.3. The van der Waals surface area contributed by atoms with E-state index in [0.717, 1.165) is 42.9 Å². The molecule has 1 N–H and O–H groups in total. The molecule has 7 heteroatoms. The van der Waals surface area contributed by atoms with Gasteiger partial charge in [-0.3, -0.25) is 9.69 Å². The third kappa shape index (κ3) is 1.64. The van der Waals surface area contributed by atoms with Crippen LogP contribution in [0.2, 0.25) is 0 Å². The first-order valence-corrected chi connectivity index (χ1v) is 10.9. The Morgan fingerprint density at radius 1 is 1.30 bits per heavy atom. The van der Waals surface area contributed by atoms with Crippen LogP contribution in [0.3, 0.4) is 0 Å². The predicted molar refractivity (Wildman–Crippen MR) is 107 cm³/mol. The summed E-state index contributed by atoms with van der Waals surface area (Å²) in [5, 5.41) is 11.7. The highest BCUT2D eigenvalue weighted by Crippen LogP contribution is 2.71. The minimum Gasteiger partial charge on any atom is -0.497 e. The number of benzene rings is 1. The molecule has 1 aromatic rings. The second-order valence-electron chi connectivity index (χ2n) is 9.67. The van der Waals surface area contributed by atoms with Crippen LogP contribution in [-0.2, 0) is 19.7 Å². The standard InChI is InChI=1S/C23H26N2O5/c1-28-14-3-4-17-16(9-14)21-6-7-24-12-13-5-8-30-22(27)11-18(26)25(17)20(21)19(22)15(13)10-23(21,24)29-2/h3-5,9,15,19-20,27H,6-8,10-12H2,1-2H3. The van der Waals surface area contributed by atoms with Gasteiger partial charge < -0.3 is 24.2 Å². The van der Waals surface area contributed by atoms with Crippen LogP contribution in [0.15, 0.2) is 29.8 Å². The van der Waals surface area contributed by atoms with E-state index >= 15 is 0 Å². The molecule has 3 saturated heterocycles. The summed E-state index contributed by atoms with van der Waals surface area (Å²) in [4.78, 5) is 17.9. The van der Waals surface area contributed by atoms with Crippen LogP contribution >= 0.6 is 0 Å². The number of ether oxygens (including phenoxy) is 3. The van der Waals surface area contributed by atoms with E-state index in [1.54, 1.807) is 7.11 Å². The number of rotatable bonds is 2. The molecule has 6 atom stereocenters. The third-order valence-corrected chi connectivity index (χ3v) is 9.04. The van der Waals surface area contributed by atoms with Crippen molar-refractivity contribution >= 4 is 11.6 Å². The number of carbonyl (C=O) groups excluding carboxylic acids is 1. The number of hydrogen-bond donors (Lipinski definition) is 1. The van der Waals surface area contributed by atoms with Crippen LogP contribution in [0.5, 0.6) is 5.75 Å². The maximum Gasteiger partial charge on any atom is 0.232 e.